The van der Waals surface area contributed by atoms with Crippen LogP contribution in [0.15, 0.2) is 0 Å². The van der Waals surface area contributed by atoms with Crippen LogP contribution in [0.4, 0.5) is 13.2 Å². The lowest BCUT2D eigenvalue weighted by atomic mass is 9.82. The topological polar surface area (TPSA) is 47.9 Å². The van der Waals surface area contributed by atoms with Gasteiger partial charge in [-0.05, 0) is 19.3 Å². The van der Waals surface area contributed by atoms with Gasteiger partial charge in [-0.3, -0.25) is 0 Å². The first-order valence-corrected chi connectivity index (χ1v) is 3.97. The van der Waals surface area contributed by atoms with Crippen molar-refractivity contribution in [1.82, 2.24) is 0 Å². The molecule has 0 aromatic heterocycles. The molecule has 1 aliphatic rings. The molecule has 4 N–H and O–H groups in total. The van der Waals surface area contributed by atoms with E-state index >= 15 is 0 Å². The Hall–Kier alpha value is -0.290. The van der Waals surface area contributed by atoms with Crippen LogP contribution in [0, 0.1) is 0 Å². The third-order valence-electron chi connectivity index (χ3n) is 2.36. The van der Waals surface area contributed by atoms with E-state index in [1.54, 1.807) is 0 Å². The second kappa shape index (κ2) is 2.88. The predicted molar refractivity (Wildman–Crippen MR) is 36.1 cm³/mol. The number of quaternary nitrogens is 1. The number of rotatable bonds is 0. The second-order valence-electron chi connectivity index (χ2n) is 3.49. The zero-order chi connectivity index (χ0) is 9.41. The van der Waals surface area contributed by atoms with Gasteiger partial charge in [0.05, 0.1) is 6.04 Å². The van der Waals surface area contributed by atoms with Gasteiger partial charge in [-0.15, -0.1) is 0 Å². The van der Waals surface area contributed by atoms with Crippen molar-refractivity contribution in [2.75, 3.05) is 0 Å². The fraction of sp³-hybridized carbons (Fsp3) is 1.00. The highest BCUT2D eigenvalue weighted by molar-refractivity contribution is 4.91. The normalized spacial score (nSPS) is 38.2. The molecule has 2 atom stereocenters. The molecule has 0 aromatic carbocycles. The SMILES string of the molecule is [NH3+]C1CCCC(O)(C(F)(F)F)C1. The summed E-state index contributed by atoms with van der Waals surface area (Å²) in [7, 11) is 0. The molecule has 0 aliphatic heterocycles. The van der Waals surface area contributed by atoms with Crippen molar-refractivity contribution in [2.24, 2.45) is 0 Å². The van der Waals surface area contributed by atoms with Gasteiger partial charge >= 0.3 is 6.18 Å². The predicted octanol–water partition coefficient (Wildman–Crippen LogP) is 0.464. The van der Waals surface area contributed by atoms with E-state index in [0.29, 0.717) is 12.8 Å². The van der Waals surface area contributed by atoms with Crippen LogP contribution in [0.1, 0.15) is 25.7 Å². The van der Waals surface area contributed by atoms with Gasteiger partial charge in [-0.2, -0.15) is 13.2 Å². The van der Waals surface area contributed by atoms with E-state index in [1.165, 1.54) is 0 Å². The maximum absolute atomic E-state index is 12.2. The molecular weight excluding hydrogens is 171 g/mol. The number of hydrogen-bond donors (Lipinski definition) is 2. The largest absolute Gasteiger partial charge is 0.417 e. The summed E-state index contributed by atoms with van der Waals surface area (Å²) < 4.78 is 36.7. The van der Waals surface area contributed by atoms with Crippen LogP contribution in [0.25, 0.3) is 0 Å². The molecule has 0 saturated heterocycles. The zero-order valence-corrected chi connectivity index (χ0v) is 6.69. The first-order valence-electron chi connectivity index (χ1n) is 3.97. The zero-order valence-electron chi connectivity index (χ0n) is 6.69. The highest BCUT2D eigenvalue weighted by Crippen LogP contribution is 2.40. The Balaban J connectivity index is 2.70. The quantitative estimate of drug-likeness (QED) is 0.564. The van der Waals surface area contributed by atoms with Crippen molar-refractivity contribution >= 4 is 0 Å². The first kappa shape index (κ1) is 9.80. The molecule has 0 heterocycles. The minimum Gasteiger partial charge on any atom is -0.380 e. The molecule has 1 aliphatic carbocycles. The van der Waals surface area contributed by atoms with Gasteiger partial charge in [0.15, 0.2) is 5.60 Å². The third kappa shape index (κ3) is 1.72. The second-order valence-corrected chi connectivity index (χ2v) is 3.49. The summed E-state index contributed by atoms with van der Waals surface area (Å²) in [5.74, 6) is 0. The standard InChI is InChI=1S/C7H12F3NO/c8-7(9,10)6(12)3-1-2-5(11)4-6/h5,12H,1-4,11H2/p+1. The fourth-order valence-corrected chi connectivity index (χ4v) is 1.62. The summed E-state index contributed by atoms with van der Waals surface area (Å²) in [4.78, 5) is 0. The number of halogens is 3. The molecule has 1 rings (SSSR count). The average Bonchev–Trinajstić information content (AvgIpc) is 1.83. The van der Waals surface area contributed by atoms with Crippen molar-refractivity contribution in [3.63, 3.8) is 0 Å². The molecule has 72 valence electrons. The van der Waals surface area contributed by atoms with Gasteiger partial charge in [0.2, 0.25) is 0 Å². The Labute approximate surface area is 68.6 Å². The molecule has 5 heteroatoms. The van der Waals surface area contributed by atoms with E-state index in [0.717, 1.165) is 0 Å². The Morgan fingerprint density at radius 2 is 2.00 bits per heavy atom. The molecule has 0 spiro atoms. The molecule has 2 unspecified atom stereocenters. The van der Waals surface area contributed by atoms with Crippen LogP contribution in [0.2, 0.25) is 0 Å². The van der Waals surface area contributed by atoms with Gasteiger partial charge in [0.1, 0.15) is 0 Å². The fourth-order valence-electron chi connectivity index (χ4n) is 1.62. The van der Waals surface area contributed by atoms with E-state index in [-0.39, 0.29) is 18.9 Å². The van der Waals surface area contributed by atoms with E-state index < -0.39 is 11.8 Å². The maximum atomic E-state index is 12.2. The van der Waals surface area contributed by atoms with Crippen molar-refractivity contribution in [1.29, 1.82) is 0 Å². The number of alkyl halides is 3. The summed E-state index contributed by atoms with van der Waals surface area (Å²) in [6.07, 6.45) is -3.84. The van der Waals surface area contributed by atoms with Crippen LogP contribution < -0.4 is 5.73 Å². The van der Waals surface area contributed by atoms with Crippen LogP contribution in [0.5, 0.6) is 0 Å². The first-order chi connectivity index (χ1) is 5.35. The van der Waals surface area contributed by atoms with Crippen LogP contribution >= 0.6 is 0 Å². The maximum Gasteiger partial charge on any atom is 0.417 e. The Morgan fingerprint density at radius 3 is 2.33 bits per heavy atom. The summed E-state index contributed by atoms with van der Waals surface area (Å²) in [6.45, 7) is 0. The lowest BCUT2D eigenvalue weighted by Gasteiger charge is -2.35. The summed E-state index contributed by atoms with van der Waals surface area (Å²) in [5, 5.41) is 9.21. The van der Waals surface area contributed by atoms with E-state index in [4.69, 9.17) is 0 Å². The number of aliphatic hydroxyl groups is 1. The van der Waals surface area contributed by atoms with Gasteiger partial charge in [-0.1, -0.05) is 0 Å². The Kier molecular flexibility index (Phi) is 2.35. The molecular formula is C7H13F3NO+. The smallest absolute Gasteiger partial charge is 0.380 e. The highest BCUT2D eigenvalue weighted by Gasteiger charge is 2.55. The van der Waals surface area contributed by atoms with Crippen LogP contribution in [0.3, 0.4) is 0 Å². The lowest BCUT2D eigenvalue weighted by molar-refractivity contribution is -0.441. The molecule has 0 aromatic rings. The average molecular weight is 184 g/mol. The minimum atomic E-state index is -4.50. The number of hydrogen-bond acceptors (Lipinski definition) is 1. The van der Waals surface area contributed by atoms with E-state index in [9.17, 15) is 18.3 Å². The lowest BCUT2D eigenvalue weighted by Crippen LogP contribution is -2.66. The summed E-state index contributed by atoms with van der Waals surface area (Å²) in [6, 6.07) is -0.273. The Morgan fingerprint density at radius 1 is 1.42 bits per heavy atom. The van der Waals surface area contributed by atoms with Crippen molar-refractivity contribution in [3.05, 3.63) is 0 Å². The van der Waals surface area contributed by atoms with Gasteiger partial charge in [0, 0.05) is 6.42 Å². The molecule has 0 amide bonds. The van der Waals surface area contributed by atoms with E-state index in [2.05, 4.69) is 5.73 Å². The summed E-state index contributed by atoms with van der Waals surface area (Å²) in [5.41, 5.74) is 1.07. The molecule has 2 nitrogen and oxygen atoms in total. The third-order valence-corrected chi connectivity index (χ3v) is 2.36. The van der Waals surface area contributed by atoms with Crippen LogP contribution in [-0.2, 0) is 0 Å². The summed E-state index contributed by atoms with van der Waals surface area (Å²) >= 11 is 0. The monoisotopic (exact) mass is 184 g/mol. The van der Waals surface area contributed by atoms with Gasteiger partial charge in [-0.25, -0.2) is 0 Å². The van der Waals surface area contributed by atoms with Crippen molar-refractivity contribution < 1.29 is 24.0 Å². The molecule has 1 saturated carbocycles. The molecule has 0 radical (unpaired) electrons. The van der Waals surface area contributed by atoms with Crippen LogP contribution in [-0.4, -0.2) is 22.9 Å². The van der Waals surface area contributed by atoms with Gasteiger partial charge < -0.3 is 10.8 Å². The van der Waals surface area contributed by atoms with Crippen molar-refractivity contribution in [2.45, 2.75) is 43.5 Å². The highest BCUT2D eigenvalue weighted by atomic mass is 19.4. The van der Waals surface area contributed by atoms with Crippen molar-refractivity contribution in [3.8, 4) is 0 Å². The Bertz CT molecular complexity index is 171. The minimum absolute atomic E-state index is 0.178. The molecule has 12 heavy (non-hydrogen) atoms. The van der Waals surface area contributed by atoms with E-state index in [1.807, 2.05) is 0 Å². The molecule has 0 bridgehead atoms. The molecule has 1 fully saturated rings. The van der Waals surface area contributed by atoms with Gasteiger partial charge in [0.25, 0.3) is 0 Å².